The molecule has 1 unspecified atom stereocenters. The van der Waals surface area contributed by atoms with Crippen LogP contribution < -0.4 is 5.32 Å². The van der Waals surface area contributed by atoms with E-state index in [1.54, 1.807) is 9.21 Å². The highest BCUT2D eigenvalue weighted by atomic mass is 32.2. The van der Waals surface area contributed by atoms with Crippen molar-refractivity contribution in [2.24, 2.45) is 0 Å². The van der Waals surface area contributed by atoms with Gasteiger partial charge in [0.15, 0.2) is 0 Å². The molecule has 0 aliphatic carbocycles. The van der Waals surface area contributed by atoms with E-state index < -0.39 is 10.0 Å². The van der Waals surface area contributed by atoms with Crippen LogP contribution in [0.25, 0.3) is 0 Å². The second-order valence-electron chi connectivity index (χ2n) is 7.53. The van der Waals surface area contributed by atoms with Gasteiger partial charge in [-0.25, -0.2) is 13.2 Å². The van der Waals surface area contributed by atoms with Gasteiger partial charge in [-0.2, -0.15) is 4.31 Å². The molecule has 6 nitrogen and oxygen atoms in total. The van der Waals surface area contributed by atoms with E-state index >= 15 is 0 Å². The monoisotopic (exact) mass is 379 g/mol. The predicted molar refractivity (Wildman–Crippen MR) is 102 cm³/mol. The number of carbonyl (C=O) groups is 1. The highest BCUT2D eigenvalue weighted by molar-refractivity contribution is 7.89. The van der Waals surface area contributed by atoms with Crippen LogP contribution in [0.4, 0.5) is 4.79 Å². The zero-order valence-electron chi connectivity index (χ0n) is 15.6. The molecule has 3 rings (SSSR count). The Hall–Kier alpha value is -1.60. The molecule has 7 heteroatoms. The summed E-state index contributed by atoms with van der Waals surface area (Å²) in [5.41, 5.74) is 2.37. The third-order valence-electron chi connectivity index (χ3n) is 5.34. The first-order valence-electron chi connectivity index (χ1n) is 9.48. The van der Waals surface area contributed by atoms with Crippen molar-refractivity contribution in [3.05, 3.63) is 35.4 Å². The van der Waals surface area contributed by atoms with Crippen molar-refractivity contribution in [3.8, 4) is 0 Å². The van der Waals surface area contributed by atoms with Gasteiger partial charge in [0.05, 0.1) is 5.75 Å². The number of hydrogen-bond acceptors (Lipinski definition) is 3. The van der Waals surface area contributed by atoms with Crippen LogP contribution >= 0.6 is 0 Å². The first-order valence-corrected chi connectivity index (χ1v) is 11.1. The number of urea groups is 1. The second-order valence-corrected chi connectivity index (χ2v) is 9.58. The maximum absolute atomic E-state index is 12.6. The van der Waals surface area contributed by atoms with Crippen LogP contribution in [-0.4, -0.2) is 55.1 Å². The Bertz CT molecular complexity index is 748. The number of benzene rings is 1. The van der Waals surface area contributed by atoms with Gasteiger partial charge in [-0.1, -0.05) is 38.1 Å². The van der Waals surface area contributed by atoms with E-state index in [0.29, 0.717) is 38.5 Å². The Labute approximate surface area is 156 Å². The van der Waals surface area contributed by atoms with Gasteiger partial charge in [0.1, 0.15) is 0 Å². The maximum Gasteiger partial charge on any atom is 0.317 e. The third-order valence-corrected chi connectivity index (χ3v) is 7.34. The van der Waals surface area contributed by atoms with E-state index in [2.05, 4.69) is 25.2 Å². The number of hydrogen-bond donors (Lipinski definition) is 1. The van der Waals surface area contributed by atoms with E-state index in [9.17, 15) is 13.2 Å². The average Bonchev–Trinajstić information content (AvgIpc) is 2.99. The van der Waals surface area contributed by atoms with Gasteiger partial charge < -0.3 is 10.2 Å². The lowest BCUT2D eigenvalue weighted by Gasteiger charge is -2.36. The fraction of sp³-hybridized carbons (Fsp3) is 0.632. The van der Waals surface area contributed by atoms with Gasteiger partial charge in [-0.05, 0) is 36.3 Å². The molecule has 0 aromatic heterocycles. The van der Waals surface area contributed by atoms with Crippen molar-refractivity contribution in [2.45, 2.75) is 51.6 Å². The van der Waals surface area contributed by atoms with Crippen molar-refractivity contribution in [1.82, 2.24) is 14.5 Å². The lowest BCUT2D eigenvalue weighted by atomic mass is 9.97. The molecule has 1 aromatic rings. The largest absolute Gasteiger partial charge is 0.334 e. The fourth-order valence-electron chi connectivity index (χ4n) is 3.98. The van der Waals surface area contributed by atoms with Gasteiger partial charge in [0, 0.05) is 32.2 Å². The maximum atomic E-state index is 12.6. The van der Waals surface area contributed by atoms with Crippen LogP contribution in [0, 0.1) is 0 Å². The van der Waals surface area contributed by atoms with Crippen LogP contribution in [0.5, 0.6) is 0 Å². The average molecular weight is 380 g/mol. The smallest absolute Gasteiger partial charge is 0.317 e. The van der Waals surface area contributed by atoms with E-state index in [-0.39, 0.29) is 17.8 Å². The van der Waals surface area contributed by atoms with Crippen LogP contribution in [0.3, 0.4) is 0 Å². The Morgan fingerprint density at radius 3 is 2.69 bits per heavy atom. The fourth-order valence-corrected chi connectivity index (χ4v) is 5.75. The van der Waals surface area contributed by atoms with Crippen LogP contribution in [0.1, 0.15) is 50.2 Å². The number of amides is 2. The molecule has 1 aromatic carbocycles. The molecule has 2 fully saturated rings. The topological polar surface area (TPSA) is 69.7 Å². The first kappa shape index (κ1) is 19.2. The Kier molecular flexibility index (Phi) is 5.87. The number of likely N-dealkylation sites (tertiary alicyclic amines) is 1. The summed E-state index contributed by atoms with van der Waals surface area (Å²) in [6.45, 7) is 6.54. The summed E-state index contributed by atoms with van der Waals surface area (Å²) in [5, 5.41) is 3.01. The van der Waals surface area contributed by atoms with Crippen molar-refractivity contribution >= 4 is 16.1 Å². The summed E-state index contributed by atoms with van der Waals surface area (Å²) >= 11 is 0. The quantitative estimate of drug-likeness (QED) is 0.874. The lowest BCUT2D eigenvalue weighted by molar-refractivity contribution is 0.153. The normalized spacial score (nSPS) is 23.3. The SMILES string of the molecule is CC(C)c1ccccc1CNC(=O)N1CCCC(N2CCCS2(=O)=O)C1. The number of rotatable bonds is 4. The molecule has 0 radical (unpaired) electrons. The van der Waals surface area contributed by atoms with Crippen molar-refractivity contribution in [3.63, 3.8) is 0 Å². The molecule has 0 spiro atoms. The van der Waals surface area contributed by atoms with E-state index in [4.69, 9.17) is 0 Å². The zero-order chi connectivity index (χ0) is 18.7. The first-order chi connectivity index (χ1) is 12.4. The highest BCUT2D eigenvalue weighted by Crippen LogP contribution is 2.24. The minimum absolute atomic E-state index is 0.0787. The molecule has 26 heavy (non-hydrogen) atoms. The van der Waals surface area contributed by atoms with E-state index in [1.807, 2.05) is 18.2 Å². The lowest BCUT2D eigenvalue weighted by Crippen LogP contribution is -2.52. The second kappa shape index (κ2) is 7.96. The van der Waals surface area contributed by atoms with Gasteiger partial charge in [-0.3, -0.25) is 0 Å². The summed E-state index contributed by atoms with van der Waals surface area (Å²) in [6, 6.07) is 7.97. The molecule has 1 atom stereocenters. The van der Waals surface area contributed by atoms with E-state index in [1.165, 1.54) is 5.56 Å². The Morgan fingerprint density at radius 2 is 2.00 bits per heavy atom. The summed E-state index contributed by atoms with van der Waals surface area (Å²) in [5.74, 6) is 0.643. The summed E-state index contributed by atoms with van der Waals surface area (Å²) in [4.78, 5) is 14.4. The number of piperidine rings is 1. The van der Waals surface area contributed by atoms with Crippen LogP contribution in [0.15, 0.2) is 24.3 Å². The Morgan fingerprint density at radius 1 is 1.23 bits per heavy atom. The number of nitrogens with zero attached hydrogens (tertiary/aromatic N) is 2. The van der Waals surface area contributed by atoms with Gasteiger partial charge in [-0.15, -0.1) is 0 Å². The molecule has 144 valence electrons. The Balaban J connectivity index is 1.60. The van der Waals surface area contributed by atoms with Gasteiger partial charge in [0.2, 0.25) is 10.0 Å². The molecule has 1 N–H and O–H groups in total. The van der Waals surface area contributed by atoms with Crippen molar-refractivity contribution in [2.75, 3.05) is 25.4 Å². The molecule has 2 amide bonds. The van der Waals surface area contributed by atoms with Gasteiger partial charge >= 0.3 is 6.03 Å². The van der Waals surface area contributed by atoms with Crippen molar-refractivity contribution in [1.29, 1.82) is 0 Å². The molecule has 2 saturated heterocycles. The predicted octanol–water partition coefficient (Wildman–Crippen LogP) is 2.52. The molecule has 2 aliphatic rings. The minimum atomic E-state index is -3.13. The van der Waals surface area contributed by atoms with Crippen molar-refractivity contribution < 1.29 is 13.2 Å². The molecule has 2 aliphatic heterocycles. The van der Waals surface area contributed by atoms with Gasteiger partial charge in [0.25, 0.3) is 0 Å². The van der Waals surface area contributed by atoms with Crippen LogP contribution in [0.2, 0.25) is 0 Å². The molecular formula is C19H29N3O3S. The van der Waals surface area contributed by atoms with Crippen LogP contribution in [-0.2, 0) is 16.6 Å². The number of sulfonamides is 1. The number of nitrogens with one attached hydrogen (secondary N) is 1. The van der Waals surface area contributed by atoms with E-state index in [0.717, 1.165) is 18.4 Å². The minimum Gasteiger partial charge on any atom is -0.334 e. The molecular weight excluding hydrogens is 350 g/mol. The summed E-state index contributed by atoms with van der Waals surface area (Å²) in [6.07, 6.45) is 2.36. The number of carbonyl (C=O) groups excluding carboxylic acids is 1. The molecule has 2 heterocycles. The summed E-state index contributed by atoms with van der Waals surface area (Å²) < 4.78 is 25.9. The highest BCUT2D eigenvalue weighted by Gasteiger charge is 2.37. The molecule has 0 saturated carbocycles. The standard InChI is InChI=1S/C19H29N3O3S/c1-15(2)18-9-4-3-7-16(18)13-20-19(23)21-10-5-8-17(14-21)22-11-6-12-26(22,24)25/h3-4,7,9,15,17H,5-6,8,10-14H2,1-2H3,(H,20,23). The summed E-state index contributed by atoms with van der Waals surface area (Å²) in [7, 11) is -3.13. The zero-order valence-corrected chi connectivity index (χ0v) is 16.5. The molecule has 0 bridgehead atoms. The third kappa shape index (κ3) is 4.20.